The smallest absolute Gasteiger partial charge is 0.262 e. The number of thioether (sulfide) groups is 1. The highest BCUT2D eigenvalue weighted by molar-refractivity contribution is 8.00. The largest absolute Gasteiger partial charge is 0.484 e. The van der Waals surface area contributed by atoms with E-state index in [-0.39, 0.29) is 23.7 Å². The molecule has 0 saturated carbocycles. The third kappa shape index (κ3) is 6.41. The number of benzene rings is 4. The average molecular weight is 524 g/mol. The number of fused-ring (bicyclic) bond motifs is 1. The van der Waals surface area contributed by atoms with Gasteiger partial charge in [-0.15, -0.1) is 11.8 Å². The fourth-order valence-corrected chi connectivity index (χ4v) is 4.63. The van der Waals surface area contributed by atoms with Crippen LogP contribution in [-0.4, -0.2) is 28.7 Å². The summed E-state index contributed by atoms with van der Waals surface area (Å²) in [5.74, 6) is 0.776. The van der Waals surface area contributed by atoms with Gasteiger partial charge in [-0.25, -0.2) is 4.98 Å². The van der Waals surface area contributed by atoms with Crippen molar-refractivity contribution in [1.82, 2.24) is 4.98 Å². The van der Waals surface area contributed by atoms with Crippen LogP contribution in [0.4, 0.5) is 11.4 Å². The fourth-order valence-electron chi connectivity index (χ4n) is 3.70. The number of rotatable bonds is 9. The molecule has 8 heteroatoms. The topological polar surface area (TPSA) is 93.5 Å². The number of ether oxygens (including phenoxy) is 1. The zero-order valence-corrected chi connectivity index (χ0v) is 21.4. The summed E-state index contributed by atoms with van der Waals surface area (Å²) in [7, 11) is 0. The highest BCUT2D eigenvalue weighted by Gasteiger charge is 2.16. The molecule has 2 amide bonds. The quantitative estimate of drug-likeness (QED) is 0.211. The summed E-state index contributed by atoms with van der Waals surface area (Å²) in [5.41, 5.74) is 3.68. The van der Waals surface area contributed by atoms with E-state index in [1.165, 1.54) is 11.8 Å². The van der Waals surface area contributed by atoms with Gasteiger partial charge in [-0.3, -0.25) is 9.59 Å². The van der Waals surface area contributed by atoms with Gasteiger partial charge in [-0.05, 0) is 73.7 Å². The van der Waals surface area contributed by atoms with Crippen molar-refractivity contribution >= 4 is 46.1 Å². The SMILES string of the molecule is CC(Sc1cccc(NC(=O)COc2ccccc2)c1)C(=O)Nc1ccc(-c2nc3ccccc3o2)cc1. The lowest BCUT2D eigenvalue weighted by Crippen LogP contribution is -2.22. The molecule has 0 saturated heterocycles. The molecule has 4 aromatic carbocycles. The first kappa shape index (κ1) is 25.1. The van der Waals surface area contributed by atoms with Crippen LogP contribution >= 0.6 is 11.8 Å². The number of anilines is 2. The summed E-state index contributed by atoms with van der Waals surface area (Å²) in [6.07, 6.45) is 0. The summed E-state index contributed by atoms with van der Waals surface area (Å²) in [5, 5.41) is 5.42. The number of carbonyl (C=O) groups excluding carboxylic acids is 2. The minimum Gasteiger partial charge on any atom is -0.484 e. The lowest BCUT2D eigenvalue weighted by atomic mass is 10.2. The van der Waals surface area contributed by atoms with Gasteiger partial charge in [0.05, 0.1) is 5.25 Å². The highest BCUT2D eigenvalue weighted by atomic mass is 32.2. The minimum atomic E-state index is -0.362. The maximum atomic E-state index is 12.8. The van der Waals surface area contributed by atoms with Crippen LogP contribution in [0.25, 0.3) is 22.6 Å². The second-order valence-electron chi connectivity index (χ2n) is 8.49. The molecular formula is C30H25N3O4S. The number of amides is 2. The van der Waals surface area contributed by atoms with Gasteiger partial charge in [-0.2, -0.15) is 0 Å². The molecule has 1 unspecified atom stereocenters. The normalized spacial score (nSPS) is 11.6. The van der Waals surface area contributed by atoms with E-state index in [4.69, 9.17) is 9.15 Å². The van der Waals surface area contributed by atoms with Crippen LogP contribution in [0.1, 0.15) is 6.92 Å². The number of hydrogen-bond acceptors (Lipinski definition) is 6. The number of nitrogens with one attached hydrogen (secondary N) is 2. The van der Waals surface area contributed by atoms with Crippen molar-refractivity contribution in [3.05, 3.63) is 103 Å². The molecule has 0 aliphatic carbocycles. The van der Waals surface area contributed by atoms with Gasteiger partial charge in [0.2, 0.25) is 11.8 Å². The lowest BCUT2D eigenvalue weighted by Gasteiger charge is -2.13. The second kappa shape index (κ2) is 11.7. The maximum Gasteiger partial charge on any atom is 0.262 e. The van der Waals surface area contributed by atoms with Gasteiger partial charge in [0, 0.05) is 21.8 Å². The Labute approximate surface area is 224 Å². The van der Waals surface area contributed by atoms with Gasteiger partial charge in [-0.1, -0.05) is 36.4 Å². The third-order valence-corrected chi connectivity index (χ3v) is 6.70. The summed E-state index contributed by atoms with van der Waals surface area (Å²) in [6.45, 7) is 1.75. The lowest BCUT2D eigenvalue weighted by molar-refractivity contribution is -0.118. The Balaban J connectivity index is 1.14. The summed E-state index contributed by atoms with van der Waals surface area (Å²) < 4.78 is 11.3. The number of nitrogens with zero attached hydrogens (tertiary/aromatic N) is 1. The van der Waals surface area contributed by atoms with E-state index in [1.54, 1.807) is 18.2 Å². The van der Waals surface area contributed by atoms with Gasteiger partial charge in [0.1, 0.15) is 11.3 Å². The number of hydrogen-bond donors (Lipinski definition) is 2. The molecule has 5 aromatic rings. The van der Waals surface area contributed by atoms with Crippen LogP contribution in [0.15, 0.2) is 112 Å². The van der Waals surface area contributed by atoms with Crippen LogP contribution in [0.2, 0.25) is 0 Å². The molecule has 1 atom stereocenters. The summed E-state index contributed by atoms with van der Waals surface area (Å²) in [4.78, 5) is 30.5. The van der Waals surface area contributed by atoms with Crippen molar-refractivity contribution in [2.75, 3.05) is 17.2 Å². The molecule has 0 aliphatic rings. The van der Waals surface area contributed by atoms with E-state index < -0.39 is 0 Å². The molecule has 190 valence electrons. The number of para-hydroxylation sites is 3. The van der Waals surface area contributed by atoms with Crippen molar-refractivity contribution in [1.29, 1.82) is 0 Å². The van der Waals surface area contributed by atoms with Crippen molar-refractivity contribution in [2.45, 2.75) is 17.1 Å². The van der Waals surface area contributed by atoms with Gasteiger partial charge in [0.15, 0.2) is 12.2 Å². The third-order valence-electron chi connectivity index (χ3n) is 5.61. The fraction of sp³-hybridized carbons (Fsp3) is 0.100. The molecule has 38 heavy (non-hydrogen) atoms. The number of oxazole rings is 1. The molecule has 0 radical (unpaired) electrons. The predicted octanol–water partition coefficient (Wildman–Crippen LogP) is 6.63. The van der Waals surface area contributed by atoms with E-state index in [0.29, 0.717) is 23.0 Å². The molecule has 0 aliphatic heterocycles. The number of aromatic nitrogens is 1. The molecule has 2 N–H and O–H groups in total. The Kier molecular flexibility index (Phi) is 7.70. The zero-order valence-electron chi connectivity index (χ0n) is 20.6. The van der Waals surface area contributed by atoms with Gasteiger partial charge in [0.25, 0.3) is 5.91 Å². The number of carbonyl (C=O) groups is 2. The molecule has 5 rings (SSSR count). The van der Waals surface area contributed by atoms with E-state index in [0.717, 1.165) is 21.6 Å². The first-order valence-electron chi connectivity index (χ1n) is 12.0. The minimum absolute atomic E-state index is 0.0919. The van der Waals surface area contributed by atoms with Gasteiger partial charge >= 0.3 is 0 Å². The van der Waals surface area contributed by atoms with Crippen molar-refractivity contribution in [3.8, 4) is 17.2 Å². The Morgan fingerprint density at radius 1 is 0.868 bits per heavy atom. The van der Waals surface area contributed by atoms with Gasteiger partial charge < -0.3 is 19.8 Å². The first-order valence-corrected chi connectivity index (χ1v) is 12.9. The monoisotopic (exact) mass is 523 g/mol. The van der Waals surface area contributed by atoms with Crippen LogP contribution in [-0.2, 0) is 9.59 Å². The van der Waals surface area contributed by atoms with E-state index >= 15 is 0 Å². The highest BCUT2D eigenvalue weighted by Crippen LogP contribution is 2.28. The average Bonchev–Trinajstić information content (AvgIpc) is 3.37. The van der Waals surface area contributed by atoms with Crippen molar-refractivity contribution < 1.29 is 18.7 Å². The molecule has 0 fully saturated rings. The Morgan fingerprint density at radius 3 is 2.42 bits per heavy atom. The van der Waals surface area contributed by atoms with E-state index in [1.807, 2.05) is 91.9 Å². The zero-order chi connectivity index (χ0) is 26.3. The van der Waals surface area contributed by atoms with Crippen LogP contribution in [0.5, 0.6) is 5.75 Å². The molecule has 1 heterocycles. The summed E-state index contributed by atoms with van der Waals surface area (Å²) >= 11 is 1.41. The van der Waals surface area contributed by atoms with Crippen LogP contribution in [0, 0.1) is 0 Å². The first-order chi connectivity index (χ1) is 18.5. The Bertz CT molecular complexity index is 1520. The molecule has 0 spiro atoms. The molecule has 0 bridgehead atoms. The predicted molar refractivity (Wildman–Crippen MR) is 150 cm³/mol. The van der Waals surface area contributed by atoms with Crippen molar-refractivity contribution in [2.24, 2.45) is 0 Å². The van der Waals surface area contributed by atoms with Crippen LogP contribution < -0.4 is 15.4 Å². The Morgan fingerprint density at radius 2 is 1.63 bits per heavy atom. The summed E-state index contributed by atoms with van der Waals surface area (Å²) in [6, 6.07) is 31.5. The van der Waals surface area contributed by atoms with E-state index in [2.05, 4.69) is 15.6 Å². The standard InChI is InChI=1S/C30H25N3O4S/c1-20(38-25-11-7-8-23(18-25)31-28(34)19-36-24-9-3-2-4-10-24)29(35)32-22-16-14-21(15-17-22)30-33-26-12-5-6-13-27(26)37-30/h2-18,20H,19H2,1H3,(H,31,34)(H,32,35). The molecule has 7 nitrogen and oxygen atoms in total. The van der Waals surface area contributed by atoms with Crippen molar-refractivity contribution in [3.63, 3.8) is 0 Å². The van der Waals surface area contributed by atoms with E-state index in [9.17, 15) is 9.59 Å². The maximum absolute atomic E-state index is 12.8. The second-order valence-corrected chi connectivity index (χ2v) is 9.91. The molecular weight excluding hydrogens is 498 g/mol. The van der Waals surface area contributed by atoms with Crippen LogP contribution in [0.3, 0.4) is 0 Å². The Hall–Kier alpha value is -4.56. The molecule has 1 aromatic heterocycles.